The number of nitrogens with zero attached hydrogens (tertiary/aromatic N) is 3. The van der Waals surface area contributed by atoms with E-state index in [1.807, 2.05) is 30.7 Å². The molecule has 0 radical (unpaired) electrons. The fraction of sp³-hybridized carbons (Fsp3) is 0.471. The summed E-state index contributed by atoms with van der Waals surface area (Å²) >= 11 is 5.85. The summed E-state index contributed by atoms with van der Waals surface area (Å²) in [5.41, 5.74) is 2.21. The number of carbonyl (C=O) groups excluding carboxylic acids is 1. The van der Waals surface area contributed by atoms with Crippen molar-refractivity contribution in [1.29, 1.82) is 0 Å². The van der Waals surface area contributed by atoms with Crippen LogP contribution in [0.25, 0.3) is 0 Å². The zero-order valence-corrected chi connectivity index (χ0v) is 14.8. The number of hydrogen-bond acceptors (Lipinski definition) is 3. The third-order valence-corrected chi connectivity index (χ3v) is 4.14. The maximum Gasteiger partial charge on any atom is 0.270 e. The lowest BCUT2D eigenvalue weighted by Crippen LogP contribution is -2.30. The summed E-state index contributed by atoms with van der Waals surface area (Å²) < 4.78 is 1.84. The standard InChI is InChI=1S/C17H23ClN4O/c1-5-14(6-2)22-16(9-11(3)21-22)17(23)20-12(4)15-8-7-13(18)10-19-15/h7-10,12,14H,5-6H2,1-4H3,(H,20,23)/t12-/m0/s1. The number of hydrogen-bond donors (Lipinski definition) is 1. The van der Waals surface area contributed by atoms with Gasteiger partial charge in [0.05, 0.1) is 28.5 Å². The minimum Gasteiger partial charge on any atom is -0.343 e. The van der Waals surface area contributed by atoms with Crippen molar-refractivity contribution in [2.45, 2.75) is 52.6 Å². The molecule has 6 heteroatoms. The fourth-order valence-corrected chi connectivity index (χ4v) is 2.70. The number of aryl methyl sites for hydroxylation is 1. The van der Waals surface area contributed by atoms with E-state index in [4.69, 9.17) is 11.6 Å². The van der Waals surface area contributed by atoms with E-state index >= 15 is 0 Å². The van der Waals surface area contributed by atoms with Crippen LogP contribution in [0.2, 0.25) is 5.02 Å². The van der Waals surface area contributed by atoms with Crippen LogP contribution in [-0.2, 0) is 0 Å². The quantitative estimate of drug-likeness (QED) is 0.865. The molecule has 0 aliphatic rings. The average molecular weight is 335 g/mol. The summed E-state index contributed by atoms with van der Waals surface area (Å²) in [6.07, 6.45) is 3.45. The van der Waals surface area contributed by atoms with Crippen molar-refractivity contribution < 1.29 is 4.79 Å². The maximum atomic E-state index is 12.6. The maximum absolute atomic E-state index is 12.6. The third kappa shape index (κ3) is 4.10. The molecule has 0 spiro atoms. The second-order valence-corrected chi connectivity index (χ2v) is 6.12. The lowest BCUT2D eigenvalue weighted by molar-refractivity contribution is 0.0925. The largest absolute Gasteiger partial charge is 0.343 e. The van der Waals surface area contributed by atoms with Gasteiger partial charge < -0.3 is 5.32 Å². The molecule has 23 heavy (non-hydrogen) atoms. The van der Waals surface area contributed by atoms with Crippen LogP contribution in [0.1, 0.15) is 67.6 Å². The minimum absolute atomic E-state index is 0.137. The predicted molar refractivity (Wildman–Crippen MR) is 91.7 cm³/mol. The summed E-state index contributed by atoms with van der Waals surface area (Å²) in [5.74, 6) is -0.137. The smallest absolute Gasteiger partial charge is 0.270 e. The molecular weight excluding hydrogens is 312 g/mol. The Morgan fingerprint density at radius 2 is 2.04 bits per heavy atom. The fourth-order valence-electron chi connectivity index (χ4n) is 2.59. The lowest BCUT2D eigenvalue weighted by atomic mass is 10.1. The second kappa shape index (κ2) is 7.59. The molecule has 2 heterocycles. The van der Waals surface area contributed by atoms with Crippen molar-refractivity contribution in [3.63, 3.8) is 0 Å². The van der Waals surface area contributed by atoms with Crippen LogP contribution in [0.3, 0.4) is 0 Å². The Balaban J connectivity index is 2.19. The molecular formula is C17H23ClN4O. The molecule has 1 atom stereocenters. The topological polar surface area (TPSA) is 59.8 Å². The third-order valence-electron chi connectivity index (χ3n) is 3.92. The molecule has 0 saturated heterocycles. The molecule has 0 aromatic carbocycles. The van der Waals surface area contributed by atoms with E-state index in [1.54, 1.807) is 12.3 Å². The molecule has 0 unspecified atom stereocenters. The van der Waals surface area contributed by atoms with Crippen molar-refractivity contribution in [2.24, 2.45) is 0 Å². The monoisotopic (exact) mass is 334 g/mol. The highest BCUT2D eigenvalue weighted by atomic mass is 35.5. The van der Waals surface area contributed by atoms with Crippen LogP contribution >= 0.6 is 11.6 Å². The summed E-state index contributed by atoms with van der Waals surface area (Å²) in [5, 5.41) is 8.05. The molecule has 0 saturated carbocycles. The van der Waals surface area contributed by atoms with Crippen LogP contribution in [0.5, 0.6) is 0 Å². The van der Waals surface area contributed by atoms with Gasteiger partial charge in [-0.25, -0.2) is 0 Å². The van der Waals surface area contributed by atoms with Gasteiger partial charge in [0.25, 0.3) is 5.91 Å². The highest BCUT2D eigenvalue weighted by Crippen LogP contribution is 2.19. The van der Waals surface area contributed by atoms with Crippen LogP contribution in [0.15, 0.2) is 24.4 Å². The Hall–Kier alpha value is -1.88. The number of rotatable bonds is 6. The number of carbonyl (C=O) groups is 1. The summed E-state index contributed by atoms with van der Waals surface area (Å²) in [6, 6.07) is 5.44. The molecule has 1 amide bonds. The number of aromatic nitrogens is 3. The van der Waals surface area contributed by atoms with E-state index in [9.17, 15) is 4.79 Å². The second-order valence-electron chi connectivity index (χ2n) is 5.68. The van der Waals surface area contributed by atoms with E-state index < -0.39 is 0 Å². The highest BCUT2D eigenvalue weighted by molar-refractivity contribution is 6.30. The van der Waals surface area contributed by atoms with Crippen molar-refractivity contribution in [2.75, 3.05) is 0 Å². The van der Waals surface area contributed by atoms with Crippen LogP contribution in [-0.4, -0.2) is 20.7 Å². The molecule has 124 valence electrons. The molecule has 0 aliphatic carbocycles. The SMILES string of the molecule is CCC(CC)n1nc(C)cc1C(=O)N[C@@H](C)c1ccc(Cl)cn1. The van der Waals surface area contributed by atoms with Gasteiger partial charge in [-0.2, -0.15) is 5.10 Å². The molecule has 2 rings (SSSR count). The zero-order chi connectivity index (χ0) is 17.0. The van der Waals surface area contributed by atoms with Gasteiger partial charge in [0.2, 0.25) is 0 Å². The van der Waals surface area contributed by atoms with Gasteiger partial charge in [-0.05, 0) is 44.9 Å². The van der Waals surface area contributed by atoms with Crippen LogP contribution < -0.4 is 5.32 Å². The number of amides is 1. The molecule has 0 fully saturated rings. The minimum atomic E-state index is -0.204. The number of nitrogens with one attached hydrogen (secondary N) is 1. The van der Waals surface area contributed by atoms with Gasteiger partial charge in [0, 0.05) is 6.20 Å². The van der Waals surface area contributed by atoms with Gasteiger partial charge >= 0.3 is 0 Å². The Bertz CT molecular complexity index is 662. The Morgan fingerprint density at radius 3 is 2.61 bits per heavy atom. The lowest BCUT2D eigenvalue weighted by Gasteiger charge is -2.18. The first-order valence-corrected chi connectivity index (χ1v) is 8.32. The zero-order valence-electron chi connectivity index (χ0n) is 14.0. The summed E-state index contributed by atoms with van der Waals surface area (Å²) in [4.78, 5) is 16.9. The van der Waals surface area contributed by atoms with E-state index in [2.05, 4.69) is 29.2 Å². The van der Waals surface area contributed by atoms with Crippen molar-refractivity contribution in [3.05, 3.63) is 46.5 Å². The van der Waals surface area contributed by atoms with Crippen molar-refractivity contribution in [1.82, 2.24) is 20.1 Å². The number of pyridine rings is 1. The first-order valence-electron chi connectivity index (χ1n) is 7.94. The molecule has 5 nitrogen and oxygen atoms in total. The van der Waals surface area contributed by atoms with Crippen molar-refractivity contribution in [3.8, 4) is 0 Å². The van der Waals surface area contributed by atoms with Gasteiger partial charge in [-0.1, -0.05) is 25.4 Å². The van der Waals surface area contributed by atoms with Gasteiger partial charge in [-0.15, -0.1) is 0 Å². The van der Waals surface area contributed by atoms with Gasteiger partial charge in [-0.3, -0.25) is 14.5 Å². The molecule has 0 bridgehead atoms. The molecule has 2 aromatic rings. The van der Waals surface area contributed by atoms with Crippen LogP contribution in [0, 0.1) is 6.92 Å². The molecule has 1 N–H and O–H groups in total. The normalized spacial score (nSPS) is 12.4. The molecule has 0 aliphatic heterocycles. The number of halogens is 1. The summed E-state index contributed by atoms with van der Waals surface area (Å²) in [6.45, 7) is 8.01. The predicted octanol–water partition coefficient (Wildman–Crippen LogP) is 4.09. The Labute approximate surface area is 142 Å². The summed E-state index contributed by atoms with van der Waals surface area (Å²) in [7, 11) is 0. The first kappa shape index (κ1) is 17.5. The van der Waals surface area contributed by atoms with Crippen molar-refractivity contribution >= 4 is 17.5 Å². The van der Waals surface area contributed by atoms with E-state index in [1.165, 1.54) is 0 Å². The average Bonchev–Trinajstić information content (AvgIpc) is 2.91. The highest BCUT2D eigenvalue weighted by Gasteiger charge is 2.20. The van der Waals surface area contributed by atoms with E-state index in [0.717, 1.165) is 24.2 Å². The Morgan fingerprint density at radius 1 is 1.35 bits per heavy atom. The van der Waals surface area contributed by atoms with E-state index in [-0.39, 0.29) is 18.0 Å². The first-order chi connectivity index (χ1) is 11.0. The molecule has 2 aromatic heterocycles. The van der Waals surface area contributed by atoms with Gasteiger partial charge in [0.1, 0.15) is 5.69 Å². The Kier molecular flexibility index (Phi) is 5.77. The van der Waals surface area contributed by atoms with Gasteiger partial charge in [0.15, 0.2) is 0 Å². The van der Waals surface area contributed by atoms with Crippen LogP contribution in [0.4, 0.5) is 0 Å². The van der Waals surface area contributed by atoms with E-state index in [0.29, 0.717) is 10.7 Å².